The van der Waals surface area contributed by atoms with Crippen LogP contribution in [-0.2, 0) is 5.75 Å². The van der Waals surface area contributed by atoms with Crippen LogP contribution in [0.15, 0.2) is 46.7 Å². The zero-order valence-electron chi connectivity index (χ0n) is 8.05. The molecule has 0 aliphatic rings. The lowest BCUT2D eigenvalue weighted by Crippen LogP contribution is -1.76. The highest BCUT2D eigenvalue weighted by molar-refractivity contribution is 8.00. The van der Waals surface area contributed by atoms with Crippen LogP contribution >= 0.6 is 23.1 Å². The zero-order valence-corrected chi connectivity index (χ0v) is 9.68. The van der Waals surface area contributed by atoms with Crippen molar-refractivity contribution < 1.29 is 4.79 Å². The first-order chi connectivity index (χ1) is 7.38. The van der Waals surface area contributed by atoms with Crippen molar-refractivity contribution in [1.82, 2.24) is 0 Å². The number of benzene rings is 1. The molecule has 2 aromatic rings. The van der Waals surface area contributed by atoms with Crippen LogP contribution in [0, 0.1) is 0 Å². The zero-order chi connectivity index (χ0) is 10.5. The summed E-state index contributed by atoms with van der Waals surface area (Å²) in [6, 6.07) is 14.2. The molecule has 0 unspecified atom stereocenters. The van der Waals surface area contributed by atoms with Gasteiger partial charge < -0.3 is 0 Å². The minimum Gasteiger partial charge on any atom is -0.297 e. The summed E-state index contributed by atoms with van der Waals surface area (Å²) in [6.45, 7) is 0. The molecule has 1 nitrogen and oxygen atoms in total. The summed E-state index contributed by atoms with van der Waals surface area (Å²) in [5.41, 5.74) is 1.31. The second-order valence-corrected chi connectivity index (χ2v) is 5.44. The van der Waals surface area contributed by atoms with Crippen LogP contribution in [0.1, 0.15) is 15.2 Å². The SMILES string of the molecule is O=Cc1ccc(SCc2ccccc2)s1. The van der Waals surface area contributed by atoms with Gasteiger partial charge in [-0.25, -0.2) is 0 Å². The molecule has 2 rings (SSSR count). The number of hydrogen-bond acceptors (Lipinski definition) is 3. The fourth-order valence-electron chi connectivity index (χ4n) is 1.20. The average molecular weight is 234 g/mol. The van der Waals surface area contributed by atoms with Crippen LogP contribution in [-0.4, -0.2) is 6.29 Å². The van der Waals surface area contributed by atoms with E-state index in [9.17, 15) is 4.79 Å². The molecule has 1 heterocycles. The minimum atomic E-state index is 0.797. The molecule has 0 aliphatic carbocycles. The maximum atomic E-state index is 10.5. The maximum absolute atomic E-state index is 10.5. The lowest BCUT2D eigenvalue weighted by atomic mass is 10.2. The summed E-state index contributed by atoms with van der Waals surface area (Å²) in [4.78, 5) is 11.3. The van der Waals surface area contributed by atoms with Crippen molar-refractivity contribution in [3.63, 3.8) is 0 Å². The monoisotopic (exact) mass is 234 g/mol. The molecule has 3 heteroatoms. The summed E-state index contributed by atoms with van der Waals surface area (Å²) >= 11 is 3.32. The Kier molecular flexibility index (Phi) is 3.59. The molecule has 0 saturated heterocycles. The van der Waals surface area contributed by atoms with Crippen molar-refractivity contribution >= 4 is 29.4 Å². The molecule has 0 spiro atoms. The van der Waals surface area contributed by atoms with Crippen molar-refractivity contribution in [3.8, 4) is 0 Å². The predicted octanol–water partition coefficient (Wildman–Crippen LogP) is 3.85. The molecule has 0 amide bonds. The molecule has 1 aromatic heterocycles. The van der Waals surface area contributed by atoms with Crippen molar-refractivity contribution in [2.45, 2.75) is 9.96 Å². The fourth-order valence-corrected chi connectivity index (χ4v) is 3.12. The van der Waals surface area contributed by atoms with E-state index >= 15 is 0 Å². The van der Waals surface area contributed by atoms with E-state index in [1.54, 1.807) is 23.1 Å². The number of aldehydes is 1. The Morgan fingerprint density at radius 1 is 1.13 bits per heavy atom. The van der Waals surface area contributed by atoms with Gasteiger partial charge in [-0.3, -0.25) is 4.79 Å². The Morgan fingerprint density at radius 2 is 1.93 bits per heavy atom. The van der Waals surface area contributed by atoms with Gasteiger partial charge in [0.15, 0.2) is 6.29 Å². The summed E-state index contributed by atoms with van der Waals surface area (Å²) in [5.74, 6) is 0.958. The van der Waals surface area contributed by atoms with E-state index in [4.69, 9.17) is 0 Å². The summed E-state index contributed by atoms with van der Waals surface area (Å²) in [7, 11) is 0. The third-order valence-electron chi connectivity index (χ3n) is 1.94. The van der Waals surface area contributed by atoms with E-state index in [0.29, 0.717) is 0 Å². The number of hydrogen-bond donors (Lipinski definition) is 0. The van der Waals surface area contributed by atoms with E-state index in [2.05, 4.69) is 12.1 Å². The van der Waals surface area contributed by atoms with Crippen LogP contribution in [0.3, 0.4) is 0 Å². The van der Waals surface area contributed by atoms with Gasteiger partial charge in [-0.1, -0.05) is 30.3 Å². The van der Waals surface area contributed by atoms with E-state index < -0.39 is 0 Å². The third kappa shape index (κ3) is 2.94. The Bertz CT molecular complexity index is 434. The Morgan fingerprint density at radius 3 is 2.60 bits per heavy atom. The highest BCUT2D eigenvalue weighted by Gasteiger charge is 2.00. The van der Waals surface area contributed by atoms with Gasteiger partial charge in [0, 0.05) is 5.75 Å². The van der Waals surface area contributed by atoms with Gasteiger partial charge in [0.05, 0.1) is 9.09 Å². The lowest BCUT2D eigenvalue weighted by molar-refractivity contribution is 0.112. The third-order valence-corrected chi connectivity index (χ3v) is 4.25. The van der Waals surface area contributed by atoms with E-state index in [1.807, 2.05) is 30.3 Å². The summed E-state index contributed by atoms with van der Waals surface area (Å²) in [5, 5.41) is 0. The number of thiophene rings is 1. The maximum Gasteiger partial charge on any atom is 0.160 e. The second kappa shape index (κ2) is 5.14. The minimum absolute atomic E-state index is 0.797. The van der Waals surface area contributed by atoms with Crippen molar-refractivity contribution in [3.05, 3.63) is 52.9 Å². The number of rotatable bonds is 4. The Hall–Kier alpha value is -1.06. The van der Waals surface area contributed by atoms with Crippen molar-refractivity contribution in [1.29, 1.82) is 0 Å². The normalized spacial score (nSPS) is 10.1. The lowest BCUT2D eigenvalue weighted by Gasteiger charge is -1.97. The van der Waals surface area contributed by atoms with Crippen LogP contribution in [0.5, 0.6) is 0 Å². The topological polar surface area (TPSA) is 17.1 Å². The molecule has 0 radical (unpaired) electrons. The van der Waals surface area contributed by atoms with Crippen LogP contribution in [0.25, 0.3) is 0 Å². The molecule has 0 saturated carbocycles. The molecular formula is C12H10OS2. The van der Waals surface area contributed by atoms with Gasteiger partial charge in [-0.2, -0.15) is 0 Å². The smallest absolute Gasteiger partial charge is 0.160 e. The van der Waals surface area contributed by atoms with Crippen molar-refractivity contribution in [2.75, 3.05) is 0 Å². The van der Waals surface area contributed by atoms with Gasteiger partial charge >= 0.3 is 0 Å². The highest BCUT2D eigenvalue weighted by atomic mass is 32.2. The molecule has 0 atom stereocenters. The predicted molar refractivity (Wildman–Crippen MR) is 65.7 cm³/mol. The second-order valence-electron chi connectivity index (χ2n) is 3.05. The standard InChI is InChI=1S/C12H10OS2/c13-8-11-6-7-12(15-11)14-9-10-4-2-1-3-5-10/h1-8H,9H2. The number of carbonyl (C=O) groups is 1. The highest BCUT2D eigenvalue weighted by Crippen LogP contribution is 2.29. The Labute approximate surface area is 97.1 Å². The Balaban J connectivity index is 1.96. The first-order valence-corrected chi connectivity index (χ1v) is 6.40. The molecular weight excluding hydrogens is 224 g/mol. The molecule has 0 aliphatic heterocycles. The molecule has 0 N–H and O–H groups in total. The van der Waals surface area contributed by atoms with Gasteiger partial charge in [-0.05, 0) is 17.7 Å². The molecule has 76 valence electrons. The number of thioether (sulfide) groups is 1. The molecule has 1 aromatic carbocycles. The van der Waals surface area contributed by atoms with Crippen molar-refractivity contribution in [2.24, 2.45) is 0 Å². The van der Waals surface area contributed by atoms with Crippen LogP contribution in [0.4, 0.5) is 0 Å². The molecule has 0 fully saturated rings. The molecule has 0 bridgehead atoms. The fraction of sp³-hybridized carbons (Fsp3) is 0.0833. The summed E-state index contributed by atoms with van der Waals surface area (Å²) in [6.07, 6.45) is 0.900. The number of carbonyl (C=O) groups excluding carboxylic acids is 1. The van der Waals surface area contributed by atoms with Gasteiger partial charge in [0.1, 0.15) is 0 Å². The van der Waals surface area contributed by atoms with E-state index in [-0.39, 0.29) is 0 Å². The first-order valence-electron chi connectivity index (χ1n) is 4.60. The quantitative estimate of drug-likeness (QED) is 0.590. The summed E-state index contributed by atoms with van der Waals surface area (Å²) < 4.78 is 1.20. The van der Waals surface area contributed by atoms with Gasteiger partial charge in [0.25, 0.3) is 0 Å². The molecule has 15 heavy (non-hydrogen) atoms. The first kappa shape index (κ1) is 10.5. The van der Waals surface area contributed by atoms with Crippen LogP contribution < -0.4 is 0 Å². The van der Waals surface area contributed by atoms with E-state index in [1.165, 1.54) is 9.77 Å². The van der Waals surface area contributed by atoms with Gasteiger partial charge in [-0.15, -0.1) is 23.1 Å². The average Bonchev–Trinajstić information content (AvgIpc) is 2.76. The largest absolute Gasteiger partial charge is 0.297 e. The van der Waals surface area contributed by atoms with Crippen LogP contribution in [0.2, 0.25) is 0 Å². The van der Waals surface area contributed by atoms with Gasteiger partial charge in [0.2, 0.25) is 0 Å². The van der Waals surface area contributed by atoms with E-state index in [0.717, 1.165) is 16.9 Å².